The van der Waals surface area contributed by atoms with Crippen molar-refractivity contribution >= 4 is 34.8 Å². The highest BCUT2D eigenvalue weighted by atomic mass is 35.5. The molecule has 0 aromatic heterocycles. The van der Waals surface area contributed by atoms with Gasteiger partial charge >= 0.3 is 0 Å². The first-order valence-electron chi connectivity index (χ1n) is 6.26. The number of hydrogen-bond donors (Lipinski definition) is 0. The number of carbonyl (C=O) groups is 2. The molecule has 2 aromatic carbocycles. The van der Waals surface area contributed by atoms with E-state index in [2.05, 4.69) is 0 Å². The molecule has 98 valence electrons. The molecule has 0 radical (unpaired) electrons. The molecule has 3 aliphatic carbocycles. The van der Waals surface area contributed by atoms with Crippen LogP contribution in [0.25, 0.3) is 0 Å². The summed E-state index contributed by atoms with van der Waals surface area (Å²) in [5.41, 5.74) is 3.15. The maximum atomic E-state index is 12.3. The second-order valence-corrected chi connectivity index (χ2v) is 5.89. The summed E-state index contributed by atoms with van der Waals surface area (Å²) in [4.78, 5) is 24.6. The van der Waals surface area contributed by atoms with Gasteiger partial charge < -0.3 is 0 Å². The molecule has 4 heteroatoms. The van der Waals surface area contributed by atoms with Crippen molar-refractivity contribution in [2.45, 2.75) is 11.8 Å². The molecule has 5 rings (SSSR count). The summed E-state index contributed by atoms with van der Waals surface area (Å²) in [7, 11) is 0. The number of hydrogen-bond acceptors (Lipinski definition) is 2. The molecule has 0 spiro atoms. The van der Waals surface area contributed by atoms with Gasteiger partial charge in [0, 0.05) is 10.0 Å². The molecule has 2 unspecified atom stereocenters. The van der Waals surface area contributed by atoms with Crippen molar-refractivity contribution in [1.82, 2.24) is 0 Å². The summed E-state index contributed by atoms with van der Waals surface area (Å²) in [6.45, 7) is 0. The van der Waals surface area contributed by atoms with Crippen LogP contribution in [-0.2, 0) is 9.59 Å². The molecule has 0 heterocycles. The van der Waals surface area contributed by atoms with E-state index >= 15 is 0 Å². The lowest BCUT2D eigenvalue weighted by atomic mass is 9.62. The fourth-order valence-electron chi connectivity index (χ4n) is 3.36. The Morgan fingerprint density at radius 2 is 1.10 bits per heavy atom. The topological polar surface area (TPSA) is 34.1 Å². The molecular weight excluding hydrogens is 295 g/mol. The van der Waals surface area contributed by atoms with Crippen LogP contribution >= 0.6 is 23.2 Å². The van der Waals surface area contributed by atoms with Crippen LogP contribution in [0, 0.1) is 0 Å². The molecule has 2 atom stereocenters. The van der Waals surface area contributed by atoms with Gasteiger partial charge in [-0.25, -0.2) is 0 Å². The summed E-state index contributed by atoms with van der Waals surface area (Å²) < 4.78 is 0. The molecule has 2 bridgehead atoms. The normalized spacial score (nSPS) is 22.7. The van der Waals surface area contributed by atoms with E-state index in [1.54, 1.807) is 24.3 Å². The quantitative estimate of drug-likeness (QED) is 0.695. The highest BCUT2D eigenvalue weighted by Crippen LogP contribution is 2.53. The average Bonchev–Trinajstić information content (AvgIpc) is 2.43. The fraction of sp³-hybridized carbons (Fsp3) is 0.125. The molecule has 0 saturated carbocycles. The van der Waals surface area contributed by atoms with Gasteiger partial charge in [-0.15, -0.1) is 0 Å². The Bertz CT molecular complexity index is 728. The summed E-state index contributed by atoms with van der Waals surface area (Å²) in [6, 6.07) is 10.8. The zero-order valence-corrected chi connectivity index (χ0v) is 11.7. The highest BCUT2D eigenvalue weighted by Gasteiger charge is 2.50. The van der Waals surface area contributed by atoms with E-state index in [9.17, 15) is 9.59 Å². The summed E-state index contributed by atoms with van der Waals surface area (Å²) in [5.74, 6) is -1.98. The van der Waals surface area contributed by atoms with Crippen molar-refractivity contribution in [3.63, 3.8) is 0 Å². The number of benzene rings is 2. The first-order valence-corrected chi connectivity index (χ1v) is 7.01. The lowest BCUT2D eigenvalue weighted by Gasteiger charge is -2.38. The summed E-state index contributed by atoms with van der Waals surface area (Å²) >= 11 is 12.5. The van der Waals surface area contributed by atoms with Crippen LogP contribution in [0.2, 0.25) is 10.0 Å². The van der Waals surface area contributed by atoms with Gasteiger partial charge in [-0.3, -0.25) is 9.59 Å². The van der Waals surface area contributed by atoms with E-state index < -0.39 is 11.8 Å². The number of Topliss-reactive ketones (excluding diaryl/α,β-unsaturated/α-hetero) is 2. The first kappa shape index (κ1) is 12.1. The zero-order valence-electron chi connectivity index (χ0n) is 10.2. The van der Waals surface area contributed by atoms with Crippen LogP contribution < -0.4 is 0 Å². The van der Waals surface area contributed by atoms with Gasteiger partial charge in [0.05, 0.1) is 11.8 Å². The van der Waals surface area contributed by atoms with Crippen molar-refractivity contribution < 1.29 is 9.59 Å². The molecule has 0 aliphatic heterocycles. The van der Waals surface area contributed by atoms with E-state index in [-0.39, 0.29) is 11.6 Å². The molecule has 0 N–H and O–H groups in total. The largest absolute Gasteiger partial charge is 0.290 e. The van der Waals surface area contributed by atoms with Gasteiger partial charge in [-0.05, 0) is 34.4 Å². The van der Waals surface area contributed by atoms with Gasteiger partial charge in [0.1, 0.15) is 0 Å². The predicted octanol–water partition coefficient (Wildman–Crippen LogP) is 3.72. The van der Waals surface area contributed by atoms with Crippen LogP contribution in [0.4, 0.5) is 0 Å². The van der Waals surface area contributed by atoms with Crippen molar-refractivity contribution in [3.05, 3.63) is 68.7 Å². The van der Waals surface area contributed by atoms with E-state index in [4.69, 9.17) is 23.2 Å². The van der Waals surface area contributed by atoms with Crippen molar-refractivity contribution in [2.75, 3.05) is 0 Å². The number of carbonyl (C=O) groups excluding carboxylic acids is 2. The Labute approximate surface area is 125 Å². The number of ketones is 2. The monoisotopic (exact) mass is 302 g/mol. The highest BCUT2D eigenvalue weighted by molar-refractivity contribution is 6.47. The second kappa shape index (κ2) is 3.94. The molecular formula is C16H8Cl2O2. The Balaban J connectivity index is 2.15. The maximum absolute atomic E-state index is 12.3. The maximum Gasteiger partial charge on any atom is 0.211 e. The summed E-state index contributed by atoms with van der Waals surface area (Å²) in [6.07, 6.45) is 0. The Morgan fingerprint density at radius 1 is 0.700 bits per heavy atom. The van der Waals surface area contributed by atoms with Gasteiger partial charge in [0.2, 0.25) is 11.6 Å². The van der Waals surface area contributed by atoms with Gasteiger partial charge in [-0.2, -0.15) is 0 Å². The van der Waals surface area contributed by atoms with Crippen molar-refractivity contribution in [2.24, 2.45) is 0 Å². The molecule has 3 aliphatic rings. The second-order valence-electron chi connectivity index (χ2n) is 5.08. The fourth-order valence-corrected chi connectivity index (χ4v) is 3.94. The Kier molecular flexibility index (Phi) is 2.39. The SMILES string of the molecule is O=C1C(=O)C2c3cccc(Cl)c3C1c1cccc(Cl)c12. The zero-order chi connectivity index (χ0) is 14.0. The number of halogens is 2. The minimum atomic E-state index is -0.607. The minimum absolute atomic E-state index is 0.384. The predicted molar refractivity (Wildman–Crippen MR) is 76.6 cm³/mol. The van der Waals surface area contributed by atoms with Gasteiger partial charge in [0.15, 0.2) is 0 Å². The van der Waals surface area contributed by atoms with Crippen LogP contribution in [-0.4, -0.2) is 11.6 Å². The van der Waals surface area contributed by atoms with E-state index in [0.717, 1.165) is 22.3 Å². The lowest BCUT2D eigenvalue weighted by Crippen LogP contribution is -2.41. The number of fused-ring (bicyclic) bond motifs is 1. The molecule has 2 aromatic rings. The molecule has 20 heavy (non-hydrogen) atoms. The third kappa shape index (κ3) is 1.31. The molecule has 0 fully saturated rings. The standard InChI is InChI=1S/C16H8Cl2O2/c17-9-5-1-3-7-11(9)14-8-4-2-6-10(18)12(8)13(7)15(19)16(14)20/h1-6,13-14H. The van der Waals surface area contributed by atoms with E-state index in [1.165, 1.54) is 0 Å². The van der Waals surface area contributed by atoms with Gasteiger partial charge in [0.25, 0.3) is 0 Å². The first-order chi connectivity index (χ1) is 9.61. The molecule has 2 nitrogen and oxygen atoms in total. The molecule has 0 saturated heterocycles. The lowest BCUT2D eigenvalue weighted by molar-refractivity contribution is -0.138. The third-order valence-corrected chi connectivity index (χ3v) is 4.80. The van der Waals surface area contributed by atoms with Crippen molar-refractivity contribution in [1.29, 1.82) is 0 Å². The number of rotatable bonds is 0. The Morgan fingerprint density at radius 3 is 1.50 bits per heavy atom. The average molecular weight is 303 g/mol. The van der Waals surface area contributed by atoms with Crippen LogP contribution in [0.5, 0.6) is 0 Å². The third-order valence-electron chi connectivity index (χ3n) is 4.14. The smallest absolute Gasteiger partial charge is 0.211 e. The van der Waals surface area contributed by atoms with Crippen molar-refractivity contribution in [3.8, 4) is 0 Å². The Hall–Kier alpha value is -1.64. The van der Waals surface area contributed by atoms with E-state index in [1.807, 2.05) is 12.1 Å². The van der Waals surface area contributed by atoms with Crippen LogP contribution in [0.1, 0.15) is 34.1 Å². The van der Waals surface area contributed by atoms with E-state index in [0.29, 0.717) is 10.0 Å². The minimum Gasteiger partial charge on any atom is -0.290 e. The molecule has 0 amide bonds. The van der Waals surface area contributed by atoms with Gasteiger partial charge in [-0.1, -0.05) is 47.5 Å². The van der Waals surface area contributed by atoms with Crippen LogP contribution in [0.3, 0.4) is 0 Å². The summed E-state index contributed by atoms with van der Waals surface area (Å²) in [5, 5.41) is 1.06. The van der Waals surface area contributed by atoms with Crippen LogP contribution in [0.15, 0.2) is 36.4 Å².